The molecule has 2 rings (SSSR count). The van der Waals surface area contributed by atoms with Crippen molar-refractivity contribution in [1.82, 2.24) is 0 Å². The van der Waals surface area contributed by atoms with Crippen LogP contribution in [-0.4, -0.2) is 31.8 Å². The van der Waals surface area contributed by atoms with Crippen LogP contribution in [0.5, 0.6) is 17.2 Å². The Morgan fingerprint density at radius 1 is 0.963 bits per heavy atom. The fourth-order valence-electron chi connectivity index (χ4n) is 1.94. The van der Waals surface area contributed by atoms with E-state index < -0.39 is 24.6 Å². The third-order valence-corrected chi connectivity index (χ3v) is 3.97. The third kappa shape index (κ3) is 6.20. The van der Waals surface area contributed by atoms with Crippen molar-refractivity contribution in [3.05, 3.63) is 51.5 Å². The van der Waals surface area contributed by atoms with Crippen molar-refractivity contribution in [3.8, 4) is 17.2 Å². The molecule has 0 aliphatic rings. The van der Waals surface area contributed by atoms with E-state index in [4.69, 9.17) is 49.0 Å². The first-order chi connectivity index (χ1) is 12.8. The minimum Gasteiger partial charge on any atom is -0.478 e. The standard InChI is InChI=1S/C18H15Cl3O6/c1-10(18(23)24-2)26-17(22)9-25-16-8-12(20)4-6-15(16)27-14-5-3-11(19)7-13(14)21/h3-8,10H,9H2,1-2H3/t10-/m0/s1. The number of methoxy groups -OCH3 is 1. The summed E-state index contributed by atoms with van der Waals surface area (Å²) in [5, 5.41) is 1.13. The predicted molar refractivity (Wildman–Crippen MR) is 101 cm³/mol. The van der Waals surface area contributed by atoms with Gasteiger partial charge in [-0.1, -0.05) is 34.8 Å². The van der Waals surface area contributed by atoms with Crippen LogP contribution in [0.1, 0.15) is 6.92 Å². The quantitative estimate of drug-likeness (QED) is 0.577. The highest BCUT2D eigenvalue weighted by Gasteiger charge is 2.19. The second-order valence-corrected chi connectivity index (χ2v) is 6.49. The molecule has 144 valence electrons. The number of ether oxygens (including phenoxy) is 4. The van der Waals surface area contributed by atoms with Crippen molar-refractivity contribution in [1.29, 1.82) is 0 Å². The van der Waals surface area contributed by atoms with Crippen LogP contribution in [0.25, 0.3) is 0 Å². The molecule has 0 bridgehead atoms. The average molecular weight is 434 g/mol. The van der Waals surface area contributed by atoms with Gasteiger partial charge in [0.2, 0.25) is 0 Å². The first kappa shape index (κ1) is 21.2. The van der Waals surface area contributed by atoms with Crippen LogP contribution in [0.2, 0.25) is 15.1 Å². The zero-order valence-corrected chi connectivity index (χ0v) is 16.6. The molecule has 0 radical (unpaired) electrons. The molecular formula is C18H15Cl3O6. The number of esters is 2. The second kappa shape index (κ2) is 9.69. The third-order valence-electron chi connectivity index (χ3n) is 3.21. The molecule has 2 aromatic rings. The van der Waals surface area contributed by atoms with Crippen molar-refractivity contribution in [2.75, 3.05) is 13.7 Å². The average Bonchev–Trinajstić information content (AvgIpc) is 2.63. The van der Waals surface area contributed by atoms with Crippen LogP contribution in [-0.2, 0) is 19.1 Å². The van der Waals surface area contributed by atoms with E-state index in [2.05, 4.69) is 4.74 Å². The highest BCUT2D eigenvalue weighted by Crippen LogP contribution is 2.37. The van der Waals surface area contributed by atoms with Gasteiger partial charge in [-0.05, 0) is 37.3 Å². The Balaban J connectivity index is 2.09. The second-order valence-electron chi connectivity index (χ2n) is 5.21. The van der Waals surface area contributed by atoms with Gasteiger partial charge in [-0.2, -0.15) is 0 Å². The van der Waals surface area contributed by atoms with Crippen molar-refractivity contribution < 1.29 is 28.5 Å². The molecular weight excluding hydrogens is 419 g/mol. The highest BCUT2D eigenvalue weighted by atomic mass is 35.5. The first-order valence-corrected chi connectivity index (χ1v) is 8.76. The Kier molecular flexibility index (Phi) is 7.59. The van der Waals surface area contributed by atoms with E-state index >= 15 is 0 Å². The van der Waals surface area contributed by atoms with E-state index in [1.54, 1.807) is 24.3 Å². The molecule has 0 N–H and O–H groups in total. The van der Waals surface area contributed by atoms with E-state index in [0.717, 1.165) is 0 Å². The van der Waals surface area contributed by atoms with E-state index in [-0.39, 0.29) is 11.5 Å². The summed E-state index contributed by atoms with van der Waals surface area (Å²) in [7, 11) is 1.20. The van der Waals surface area contributed by atoms with Gasteiger partial charge in [-0.15, -0.1) is 0 Å². The van der Waals surface area contributed by atoms with E-state index in [9.17, 15) is 9.59 Å². The maximum absolute atomic E-state index is 11.8. The molecule has 0 aromatic heterocycles. The molecule has 0 aliphatic heterocycles. The summed E-state index contributed by atoms with van der Waals surface area (Å²) in [4.78, 5) is 23.1. The van der Waals surface area contributed by atoms with E-state index in [1.165, 1.54) is 26.2 Å². The molecule has 1 atom stereocenters. The van der Waals surface area contributed by atoms with Crippen molar-refractivity contribution in [3.63, 3.8) is 0 Å². The summed E-state index contributed by atoms with van der Waals surface area (Å²) in [5.74, 6) is -0.625. The van der Waals surface area contributed by atoms with Crippen molar-refractivity contribution in [2.45, 2.75) is 13.0 Å². The molecule has 0 saturated carbocycles. The van der Waals surface area contributed by atoms with Crippen LogP contribution in [0, 0.1) is 0 Å². The molecule has 0 amide bonds. The number of benzene rings is 2. The predicted octanol–water partition coefficient (Wildman–Crippen LogP) is 4.92. The van der Waals surface area contributed by atoms with Gasteiger partial charge in [0.25, 0.3) is 0 Å². The fraction of sp³-hybridized carbons (Fsp3) is 0.222. The largest absolute Gasteiger partial charge is 0.478 e. The number of rotatable bonds is 7. The Bertz CT molecular complexity index is 840. The number of hydrogen-bond acceptors (Lipinski definition) is 6. The Labute approximate surface area is 170 Å². The van der Waals surface area contributed by atoms with Crippen LogP contribution < -0.4 is 9.47 Å². The van der Waals surface area contributed by atoms with E-state index in [1.807, 2.05) is 0 Å². The SMILES string of the molecule is COC(=O)[C@H](C)OC(=O)COc1cc(Cl)ccc1Oc1ccc(Cl)cc1Cl. The normalized spacial score (nSPS) is 11.4. The summed E-state index contributed by atoms with van der Waals surface area (Å²) in [5.41, 5.74) is 0. The van der Waals surface area contributed by atoms with Gasteiger partial charge in [-0.25, -0.2) is 9.59 Å². The van der Waals surface area contributed by atoms with Gasteiger partial charge < -0.3 is 18.9 Å². The maximum Gasteiger partial charge on any atom is 0.346 e. The fourth-order valence-corrected chi connectivity index (χ4v) is 2.55. The lowest BCUT2D eigenvalue weighted by Gasteiger charge is -2.15. The topological polar surface area (TPSA) is 71.1 Å². The molecule has 6 nitrogen and oxygen atoms in total. The minimum atomic E-state index is -1.05. The molecule has 27 heavy (non-hydrogen) atoms. The van der Waals surface area contributed by atoms with Gasteiger partial charge in [0.1, 0.15) is 5.75 Å². The molecule has 2 aromatic carbocycles. The zero-order chi connectivity index (χ0) is 20.0. The first-order valence-electron chi connectivity index (χ1n) is 7.62. The Morgan fingerprint density at radius 3 is 2.22 bits per heavy atom. The highest BCUT2D eigenvalue weighted by molar-refractivity contribution is 6.35. The van der Waals surface area contributed by atoms with Crippen LogP contribution in [0.4, 0.5) is 0 Å². The van der Waals surface area contributed by atoms with Crippen LogP contribution in [0.3, 0.4) is 0 Å². The molecule has 0 heterocycles. The molecule has 0 fully saturated rings. The summed E-state index contributed by atoms with van der Waals surface area (Å²) in [6.07, 6.45) is -1.05. The van der Waals surface area contributed by atoms with Gasteiger partial charge in [-0.3, -0.25) is 0 Å². The van der Waals surface area contributed by atoms with Crippen LogP contribution >= 0.6 is 34.8 Å². The summed E-state index contributed by atoms with van der Waals surface area (Å²) in [6.45, 7) is 0.923. The van der Waals surface area contributed by atoms with Gasteiger partial charge in [0.15, 0.2) is 24.2 Å². The Hall–Kier alpha value is -2.15. The molecule has 0 spiro atoms. The number of halogens is 3. The molecule has 0 unspecified atom stereocenters. The van der Waals surface area contributed by atoms with Gasteiger partial charge >= 0.3 is 11.9 Å². The summed E-state index contributed by atoms with van der Waals surface area (Å²) in [6, 6.07) is 9.36. The smallest absolute Gasteiger partial charge is 0.346 e. The maximum atomic E-state index is 11.8. The lowest BCUT2D eigenvalue weighted by molar-refractivity contribution is -0.165. The monoisotopic (exact) mass is 432 g/mol. The molecule has 0 saturated heterocycles. The van der Waals surface area contributed by atoms with E-state index in [0.29, 0.717) is 20.8 Å². The zero-order valence-electron chi connectivity index (χ0n) is 14.3. The number of hydrogen-bond donors (Lipinski definition) is 0. The lowest BCUT2D eigenvalue weighted by atomic mass is 10.3. The molecule has 0 aliphatic carbocycles. The Morgan fingerprint density at radius 2 is 1.59 bits per heavy atom. The van der Waals surface area contributed by atoms with Crippen LogP contribution in [0.15, 0.2) is 36.4 Å². The number of carbonyl (C=O) groups is 2. The summed E-state index contributed by atoms with van der Waals surface area (Å²) < 4.78 is 20.5. The molecule has 9 heteroatoms. The lowest BCUT2D eigenvalue weighted by Crippen LogP contribution is -2.28. The van der Waals surface area contributed by atoms with Crippen molar-refractivity contribution in [2.24, 2.45) is 0 Å². The number of carbonyl (C=O) groups excluding carboxylic acids is 2. The minimum absolute atomic E-state index is 0.191. The van der Waals surface area contributed by atoms with Crippen molar-refractivity contribution >= 4 is 46.7 Å². The van der Waals surface area contributed by atoms with Gasteiger partial charge in [0.05, 0.1) is 12.1 Å². The van der Waals surface area contributed by atoms with Gasteiger partial charge in [0, 0.05) is 16.1 Å². The summed E-state index contributed by atoms with van der Waals surface area (Å²) >= 11 is 17.9.